The van der Waals surface area contributed by atoms with Crippen molar-refractivity contribution in [3.63, 3.8) is 0 Å². The summed E-state index contributed by atoms with van der Waals surface area (Å²) in [6.45, 7) is 0. The fraction of sp³-hybridized carbons (Fsp3) is 0.200. The van der Waals surface area contributed by atoms with E-state index in [9.17, 15) is 4.79 Å². The third kappa shape index (κ3) is 4.75. The summed E-state index contributed by atoms with van der Waals surface area (Å²) >= 11 is 0. The van der Waals surface area contributed by atoms with Crippen LogP contribution in [-0.2, 0) is 28.0 Å². The van der Waals surface area contributed by atoms with Gasteiger partial charge in [0.15, 0.2) is 0 Å². The Morgan fingerprint density at radius 3 is 2.35 bits per heavy atom. The third-order valence-corrected chi connectivity index (χ3v) is 5.35. The van der Waals surface area contributed by atoms with Crippen molar-refractivity contribution in [2.45, 2.75) is 24.5 Å². The lowest BCUT2D eigenvalue weighted by Gasteiger charge is -2.37. The number of hydroxylamine groups is 1. The van der Waals surface area contributed by atoms with Gasteiger partial charge in [0.05, 0.1) is 12.8 Å². The maximum absolute atomic E-state index is 12.5. The first-order valence-corrected chi connectivity index (χ1v) is 10.2. The van der Waals surface area contributed by atoms with E-state index in [1.807, 2.05) is 72.8 Å². The number of amides is 1. The second kappa shape index (κ2) is 9.45. The minimum atomic E-state index is -0.971. The highest BCUT2D eigenvalue weighted by Gasteiger charge is 2.46. The molecule has 0 saturated heterocycles. The first-order chi connectivity index (χ1) is 15.2. The minimum Gasteiger partial charge on any atom is -0.453 e. The highest BCUT2D eigenvalue weighted by atomic mass is 16.7. The molecule has 0 aliphatic carbocycles. The summed E-state index contributed by atoms with van der Waals surface area (Å²) in [5.41, 5.74) is 5.90. The number of pyridine rings is 1. The second-order valence-electron chi connectivity index (χ2n) is 7.46. The normalized spacial score (nSPS) is 17.2. The van der Waals surface area contributed by atoms with Crippen molar-refractivity contribution in [2.75, 3.05) is 7.11 Å². The Bertz CT molecular complexity index is 1030. The van der Waals surface area contributed by atoms with Gasteiger partial charge in [0, 0.05) is 24.7 Å². The molecule has 0 saturated carbocycles. The van der Waals surface area contributed by atoms with Gasteiger partial charge in [-0.2, -0.15) is 0 Å². The van der Waals surface area contributed by atoms with Crippen molar-refractivity contribution < 1.29 is 14.4 Å². The molecule has 0 spiro atoms. The Morgan fingerprint density at radius 2 is 1.71 bits per heavy atom. The maximum Gasteiger partial charge on any atom is 0.407 e. The van der Waals surface area contributed by atoms with Crippen LogP contribution in [0.25, 0.3) is 0 Å². The van der Waals surface area contributed by atoms with Crippen molar-refractivity contribution in [3.05, 3.63) is 114 Å². The van der Waals surface area contributed by atoms with Gasteiger partial charge in [0.1, 0.15) is 11.6 Å². The zero-order chi connectivity index (χ0) is 21.5. The molecule has 2 aromatic carbocycles. The van der Waals surface area contributed by atoms with E-state index < -0.39 is 17.7 Å². The fourth-order valence-electron chi connectivity index (χ4n) is 3.84. The van der Waals surface area contributed by atoms with Crippen LogP contribution in [-0.4, -0.2) is 24.3 Å². The van der Waals surface area contributed by atoms with Crippen LogP contribution in [0, 0.1) is 0 Å². The van der Waals surface area contributed by atoms with Gasteiger partial charge in [-0.15, -0.1) is 0 Å². The van der Waals surface area contributed by atoms with E-state index in [0.717, 1.165) is 16.8 Å². The minimum absolute atomic E-state index is 0.474. The first-order valence-electron chi connectivity index (χ1n) is 10.2. The molecule has 31 heavy (non-hydrogen) atoms. The Balaban J connectivity index is 1.74. The number of aromatic nitrogens is 1. The van der Waals surface area contributed by atoms with Gasteiger partial charge < -0.3 is 10.1 Å². The molecule has 6 nitrogen and oxygen atoms in total. The van der Waals surface area contributed by atoms with Gasteiger partial charge in [0.25, 0.3) is 0 Å². The number of methoxy groups -OCH3 is 1. The molecule has 2 atom stereocenters. The number of nitrogens with one attached hydrogen (secondary N) is 2. The van der Waals surface area contributed by atoms with E-state index in [1.165, 1.54) is 7.11 Å². The van der Waals surface area contributed by atoms with Crippen LogP contribution in [0.1, 0.15) is 16.8 Å². The molecule has 3 aromatic rings. The number of ether oxygens (including phenoxy) is 1. The lowest BCUT2D eigenvalue weighted by Crippen LogP contribution is -2.56. The Labute approximate surface area is 181 Å². The smallest absolute Gasteiger partial charge is 0.407 e. The number of hydrogen-bond acceptors (Lipinski definition) is 5. The van der Waals surface area contributed by atoms with Gasteiger partial charge in [-0.05, 0) is 29.3 Å². The second-order valence-corrected chi connectivity index (χ2v) is 7.46. The number of rotatable bonds is 7. The van der Waals surface area contributed by atoms with E-state index in [2.05, 4.69) is 27.9 Å². The Kier molecular flexibility index (Phi) is 6.29. The molecular formula is C25H25N3O3. The molecule has 0 fully saturated rings. The number of allylic oxidation sites excluding steroid dienone is 1. The van der Waals surface area contributed by atoms with Crippen LogP contribution >= 0.6 is 0 Å². The number of alkyl carbamates (subject to hydrolysis) is 1. The van der Waals surface area contributed by atoms with Crippen LogP contribution in [0.4, 0.5) is 4.79 Å². The quantitative estimate of drug-likeness (QED) is 0.612. The largest absolute Gasteiger partial charge is 0.453 e. The van der Waals surface area contributed by atoms with E-state index in [1.54, 1.807) is 6.20 Å². The summed E-state index contributed by atoms with van der Waals surface area (Å²) in [6, 6.07) is 25.7. The van der Waals surface area contributed by atoms with Crippen LogP contribution in [0.15, 0.2) is 96.8 Å². The summed E-state index contributed by atoms with van der Waals surface area (Å²) < 4.78 is 4.97. The number of nitrogens with zero attached hydrogens (tertiary/aromatic N) is 1. The standard InChI is InChI=1S/C25H25N3O3/c1-30-24(29)27-25(22-14-8-9-15-26-22,18-20-12-6-3-7-13-20)23-17-21(28-31-23)16-19-10-4-2-5-11-19/h2-15,17,23,28H,16,18H2,1H3,(H,27,29). The summed E-state index contributed by atoms with van der Waals surface area (Å²) in [4.78, 5) is 23.1. The molecule has 2 unspecified atom stereocenters. The highest BCUT2D eigenvalue weighted by molar-refractivity contribution is 5.69. The van der Waals surface area contributed by atoms with Gasteiger partial charge in [-0.25, -0.2) is 4.79 Å². The van der Waals surface area contributed by atoms with Crippen molar-refractivity contribution in [1.29, 1.82) is 0 Å². The fourth-order valence-corrected chi connectivity index (χ4v) is 3.84. The van der Waals surface area contributed by atoms with Gasteiger partial charge in [-0.1, -0.05) is 66.7 Å². The molecule has 2 N–H and O–H groups in total. The lowest BCUT2D eigenvalue weighted by molar-refractivity contribution is -0.0182. The zero-order valence-electron chi connectivity index (χ0n) is 17.3. The number of benzene rings is 2. The predicted molar refractivity (Wildman–Crippen MR) is 118 cm³/mol. The lowest BCUT2D eigenvalue weighted by atomic mass is 9.81. The molecule has 4 rings (SSSR count). The molecule has 0 bridgehead atoms. The monoisotopic (exact) mass is 415 g/mol. The topological polar surface area (TPSA) is 72.5 Å². The van der Waals surface area contributed by atoms with Gasteiger partial charge in [0.2, 0.25) is 0 Å². The molecule has 0 radical (unpaired) electrons. The Hall–Kier alpha value is -3.64. The number of hydrogen-bond donors (Lipinski definition) is 2. The van der Waals surface area contributed by atoms with Crippen LogP contribution in [0.2, 0.25) is 0 Å². The molecule has 6 heteroatoms. The van der Waals surface area contributed by atoms with Gasteiger partial charge in [-0.3, -0.25) is 15.3 Å². The first kappa shape index (κ1) is 20.6. The molecule has 1 aliphatic rings. The van der Waals surface area contributed by atoms with Gasteiger partial charge >= 0.3 is 6.09 Å². The number of carbonyl (C=O) groups excluding carboxylic acids is 1. The Morgan fingerprint density at radius 1 is 1.03 bits per heavy atom. The molecular weight excluding hydrogens is 390 g/mol. The van der Waals surface area contributed by atoms with Crippen LogP contribution < -0.4 is 10.8 Å². The molecule has 1 aromatic heterocycles. The van der Waals surface area contributed by atoms with E-state index in [-0.39, 0.29) is 0 Å². The number of carbonyl (C=O) groups is 1. The van der Waals surface area contributed by atoms with E-state index in [4.69, 9.17) is 9.57 Å². The maximum atomic E-state index is 12.5. The van der Waals surface area contributed by atoms with E-state index in [0.29, 0.717) is 18.5 Å². The van der Waals surface area contributed by atoms with Crippen molar-refractivity contribution >= 4 is 6.09 Å². The highest BCUT2D eigenvalue weighted by Crippen LogP contribution is 2.34. The molecule has 1 amide bonds. The summed E-state index contributed by atoms with van der Waals surface area (Å²) in [5.74, 6) is 0. The molecule has 158 valence electrons. The molecule has 1 aliphatic heterocycles. The molecule has 2 heterocycles. The van der Waals surface area contributed by atoms with Crippen molar-refractivity contribution in [3.8, 4) is 0 Å². The van der Waals surface area contributed by atoms with Crippen molar-refractivity contribution in [1.82, 2.24) is 15.8 Å². The third-order valence-electron chi connectivity index (χ3n) is 5.35. The van der Waals surface area contributed by atoms with E-state index >= 15 is 0 Å². The summed E-state index contributed by atoms with van der Waals surface area (Å²) in [6.07, 6.45) is 3.85. The van der Waals surface area contributed by atoms with Crippen LogP contribution in [0.5, 0.6) is 0 Å². The predicted octanol–water partition coefficient (Wildman–Crippen LogP) is 3.91. The van der Waals surface area contributed by atoms with Crippen molar-refractivity contribution in [2.24, 2.45) is 0 Å². The SMILES string of the molecule is COC(=O)NC(Cc1ccccc1)(c1ccccn1)C1C=C(Cc2ccccc2)NO1. The van der Waals surface area contributed by atoms with Crippen LogP contribution in [0.3, 0.4) is 0 Å². The average Bonchev–Trinajstić information content (AvgIpc) is 3.29. The summed E-state index contributed by atoms with van der Waals surface area (Å²) in [7, 11) is 1.35. The zero-order valence-corrected chi connectivity index (χ0v) is 17.3. The summed E-state index contributed by atoms with van der Waals surface area (Å²) in [5, 5.41) is 3.04. The average molecular weight is 415 g/mol.